The summed E-state index contributed by atoms with van der Waals surface area (Å²) in [5.41, 5.74) is -0.548. The first-order valence-corrected chi connectivity index (χ1v) is 9.13. The number of likely N-dealkylation sites (tertiary alicyclic amines) is 1. The van der Waals surface area contributed by atoms with Crippen molar-refractivity contribution < 1.29 is 23.9 Å². The summed E-state index contributed by atoms with van der Waals surface area (Å²) in [6, 6.07) is -0.748. The second-order valence-electron chi connectivity index (χ2n) is 6.94. The molecule has 1 atom stereocenters. The van der Waals surface area contributed by atoms with Gasteiger partial charge in [-0.15, -0.1) is 0 Å². The molecule has 1 aliphatic rings. The highest BCUT2D eigenvalue weighted by Gasteiger charge is 2.36. The van der Waals surface area contributed by atoms with E-state index in [1.807, 2.05) is 0 Å². The lowest BCUT2D eigenvalue weighted by Crippen LogP contribution is -2.50. The smallest absolute Gasteiger partial charge is 0.411 e. The number of hydrogen-bond acceptors (Lipinski definition) is 7. The minimum atomic E-state index is -0.748. The van der Waals surface area contributed by atoms with Crippen molar-refractivity contribution >= 4 is 33.8 Å². The topological polar surface area (TPSA) is 98.7 Å². The highest BCUT2D eigenvalue weighted by molar-refractivity contribution is 9.10. The van der Waals surface area contributed by atoms with Crippen LogP contribution in [0.5, 0.6) is 0 Å². The van der Waals surface area contributed by atoms with Crippen molar-refractivity contribution in [3.05, 3.63) is 22.7 Å². The summed E-state index contributed by atoms with van der Waals surface area (Å²) in [6.07, 6.45) is 4.20. The normalized spacial score (nSPS) is 17.5. The third kappa shape index (κ3) is 5.76. The molecule has 26 heavy (non-hydrogen) atoms. The lowest BCUT2D eigenvalue weighted by atomic mass is 10.0. The molecule has 0 N–H and O–H groups in total. The van der Waals surface area contributed by atoms with E-state index < -0.39 is 36.1 Å². The third-order valence-corrected chi connectivity index (χ3v) is 4.06. The standard InChI is InChI=1S/C17H22BrN3O5/c1-17(2,3)26-16(24)21-7-5-4-6-12(21)15(23)25-10-13(22)11-8-20-14(18)9-19-11/h8-9,12H,4-7,10H2,1-3H3/t12-/m0/s1. The molecule has 0 aliphatic carbocycles. The molecular formula is C17H22BrN3O5. The molecule has 1 aliphatic heterocycles. The SMILES string of the molecule is CC(C)(C)OC(=O)N1CCCC[C@H]1C(=O)OCC(=O)c1cnc(Br)cn1. The lowest BCUT2D eigenvalue weighted by Gasteiger charge is -2.35. The zero-order chi connectivity index (χ0) is 19.3. The van der Waals surface area contributed by atoms with E-state index in [9.17, 15) is 14.4 Å². The fourth-order valence-corrected chi connectivity index (χ4v) is 2.68. The molecule has 1 saturated heterocycles. The fraction of sp³-hybridized carbons (Fsp3) is 0.588. The Morgan fingerprint density at radius 3 is 2.58 bits per heavy atom. The van der Waals surface area contributed by atoms with Crippen molar-refractivity contribution in [2.24, 2.45) is 0 Å². The zero-order valence-corrected chi connectivity index (χ0v) is 16.6. The van der Waals surface area contributed by atoms with Gasteiger partial charge in [-0.25, -0.2) is 19.6 Å². The molecule has 2 rings (SSSR count). The van der Waals surface area contributed by atoms with E-state index in [1.165, 1.54) is 17.3 Å². The number of Topliss-reactive ketones (excluding diaryl/α,β-unsaturated/α-hetero) is 1. The number of esters is 1. The molecule has 2 heterocycles. The summed E-state index contributed by atoms with van der Waals surface area (Å²) in [6.45, 7) is 5.26. The van der Waals surface area contributed by atoms with Crippen LogP contribution in [0.25, 0.3) is 0 Å². The molecule has 0 bridgehead atoms. The number of ether oxygens (including phenoxy) is 2. The second-order valence-corrected chi connectivity index (χ2v) is 7.75. The fourth-order valence-electron chi connectivity index (χ4n) is 2.48. The first kappa shape index (κ1) is 20.3. The molecule has 0 aromatic carbocycles. The highest BCUT2D eigenvalue weighted by atomic mass is 79.9. The first-order chi connectivity index (χ1) is 12.2. The van der Waals surface area contributed by atoms with Crippen molar-refractivity contribution in [1.82, 2.24) is 14.9 Å². The van der Waals surface area contributed by atoms with Crippen LogP contribution >= 0.6 is 15.9 Å². The van der Waals surface area contributed by atoms with E-state index in [-0.39, 0.29) is 5.69 Å². The maximum Gasteiger partial charge on any atom is 0.411 e. The summed E-state index contributed by atoms with van der Waals surface area (Å²) in [4.78, 5) is 46.0. The Morgan fingerprint density at radius 1 is 1.23 bits per heavy atom. The second kappa shape index (κ2) is 8.57. The number of rotatable bonds is 4. The number of hydrogen-bond donors (Lipinski definition) is 0. The molecule has 0 radical (unpaired) electrons. The van der Waals surface area contributed by atoms with Gasteiger partial charge < -0.3 is 9.47 Å². The number of carbonyl (C=O) groups is 3. The molecular weight excluding hydrogens is 406 g/mol. The van der Waals surface area contributed by atoms with Crippen LogP contribution in [0.1, 0.15) is 50.5 Å². The van der Waals surface area contributed by atoms with Gasteiger partial charge >= 0.3 is 12.1 Å². The summed E-state index contributed by atoms with van der Waals surface area (Å²) >= 11 is 3.13. The van der Waals surface area contributed by atoms with Crippen molar-refractivity contribution in [1.29, 1.82) is 0 Å². The van der Waals surface area contributed by atoms with E-state index in [4.69, 9.17) is 9.47 Å². The molecule has 1 fully saturated rings. The Balaban J connectivity index is 1.96. The molecule has 0 saturated carbocycles. The Hall–Kier alpha value is -2.03. The average molecular weight is 428 g/mol. The Morgan fingerprint density at radius 2 is 1.96 bits per heavy atom. The molecule has 1 aromatic rings. The van der Waals surface area contributed by atoms with Crippen LogP contribution < -0.4 is 0 Å². The number of piperidine rings is 1. The van der Waals surface area contributed by atoms with E-state index in [2.05, 4.69) is 25.9 Å². The molecule has 142 valence electrons. The van der Waals surface area contributed by atoms with Crippen LogP contribution in [0.15, 0.2) is 17.0 Å². The van der Waals surface area contributed by atoms with Crippen molar-refractivity contribution in [2.45, 2.75) is 51.7 Å². The van der Waals surface area contributed by atoms with E-state index in [0.29, 0.717) is 17.6 Å². The molecule has 1 aromatic heterocycles. The van der Waals surface area contributed by atoms with Gasteiger partial charge in [0.25, 0.3) is 0 Å². The molecule has 1 amide bonds. The van der Waals surface area contributed by atoms with E-state index >= 15 is 0 Å². The van der Waals surface area contributed by atoms with Crippen molar-refractivity contribution in [3.8, 4) is 0 Å². The number of nitrogens with zero attached hydrogens (tertiary/aromatic N) is 3. The van der Waals surface area contributed by atoms with Gasteiger partial charge in [0, 0.05) is 6.54 Å². The average Bonchev–Trinajstić information content (AvgIpc) is 2.58. The van der Waals surface area contributed by atoms with Gasteiger partial charge in [-0.1, -0.05) is 0 Å². The van der Waals surface area contributed by atoms with Crippen LogP contribution in [0.4, 0.5) is 4.79 Å². The number of aromatic nitrogens is 2. The van der Waals surface area contributed by atoms with Crippen LogP contribution in [0.2, 0.25) is 0 Å². The van der Waals surface area contributed by atoms with Crippen molar-refractivity contribution in [2.75, 3.05) is 13.2 Å². The molecule has 0 spiro atoms. The minimum absolute atomic E-state index is 0.105. The Kier molecular flexibility index (Phi) is 6.69. The molecule has 8 nitrogen and oxygen atoms in total. The third-order valence-electron chi connectivity index (χ3n) is 3.65. The zero-order valence-electron chi connectivity index (χ0n) is 15.0. The molecule has 0 unspecified atom stereocenters. The Labute approximate surface area is 160 Å². The largest absolute Gasteiger partial charge is 0.456 e. The van der Waals surface area contributed by atoms with Gasteiger partial charge in [0.05, 0.1) is 12.4 Å². The number of halogens is 1. The quantitative estimate of drug-likeness (QED) is 0.537. The highest BCUT2D eigenvalue weighted by Crippen LogP contribution is 2.21. The van der Waals surface area contributed by atoms with Gasteiger partial charge in [0.2, 0.25) is 5.78 Å². The van der Waals surface area contributed by atoms with Gasteiger partial charge in [0.15, 0.2) is 6.61 Å². The van der Waals surface area contributed by atoms with Crippen molar-refractivity contribution in [3.63, 3.8) is 0 Å². The van der Waals surface area contributed by atoms with Crippen LogP contribution in [-0.4, -0.2) is 57.5 Å². The molecule has 9 heteroatoms. The van der Waals surface area contributed by atoms with Crippen LogP contribution in [0.3, 0.4) is 0 Å². The predicted octanol–water partition coefficient (Wildman–Crippen LogP) is 2.75. The first-order valence-electron chi connectivity index (χ1n) is 8.34. The summed E-state index contributed by atoms with van der Waals surface area (Å²) < 4.78 is 11.0. The minimum Gasteiger partial charge on any atom is -0.456 e. The van der Waals surface area contributed by atoms with Gasteiger partial charge in [0.1, 0.15) is 21.9 Å². The summed E-state index contributed by atoms with van der Waals surface area (Å²) in [5, 5.41) is 0. The number of carbonyl (C=O) groups excluding carboxylic acids is 3. The Bertz CT molecular complexity index is 672. The number of ketones is 1. The van der Waals surface area contributed by atoms with Gasteiger partial charge in [-0.3, -0.25) is 9.69 Å². The summed E-state index contributed by atoms with van der Waals surface area (Å²) in [7, 11) is 0. The maximum absolute atomic E-state index is 12.4. The summed E-state index contributed by atoms with van der Waals surface area (Å²) in [5.74, 6) is -1.08. The maximum atomic E-state index is 12.4. The van der Waals surface area contributed by atoms with E-state index in [1.54, 1.807) is 20.8 Å². The predicted molar refractivity (Wildman–Crippen MR) is 95.6 cm³/mol. The van der Waals surface area contributed by atoms with Crippen LogP contribution in [-0.2, 0) is 14.3 Å². The van der Waals surface area contributed by atoms with Gasteiger partial charge in [-0.05, 0) is 56.0 Å². The van der Waals surface area contributed by atoms with E-state index in [0.717, 1.165) is 12.8 Å². The lowest BCUT2D eigenvalue weighted by molar-refractivity contribution is -0.150. The van der Waals surface area contributed by atoms with Gasteiger partial charge in [-0.2, -0.15) is 0 Å². The number of amides is 1. The van der Waals surface area contributed by atoms with Crippen LogP contribution in [0, 0.1) is 0 Å². The monoisotopic (exact) mass is 427 g/mol.